The minimum absolute atomic E-state index is 0.0975. The van der Waals surface area contributed by atoms with Crippen molar-refractivity contribution in [1.82, 2.24) is 0 Å². The van der Waals surface area contributed by atoms with E-state index in [4.69, 9.17) is 9.47 Å². The van der Waals surface area contributed by atoms with Gasteiger partial charge in [-0.3, -0.25) is 19.2 Å². The number of hydrogen-bond donors (Lipinski definition) is 0. The summed E-state index contributed by atoms with van der Waals surface area (Å²) in [6.45, 7) is 7.72. The largest absolute Gasteiger partial charge is 0.422 e. The van der Waals surface area contributed by atoms with E-state index in [0.717, 1.165) is 30.0 Å². The molecule has 2 rings (SSSR count). The van der Waals surface area contributed by atoms with Crippen LogP contribution in [-0.4, -0.2) is 23.5 Å². The third kappa shape index (κ3) is 3.67. The van der Waals surface area contributed by atoms with Gasteiger partial charge in [-0.25, -0.2) is 0 Å². The molecule has 0 unspecified atom stereocenters. The topological polar surface area (TPSA) is 86.7 Å². The molecule has 6 nitrogen and oxygen atoms in total. The number of allylic oxidation sites excluding steroid dienone is 2. The number of hydrogen-bond acceptors (Lipinski definition) is 6. The van der Waals surface area contributed by atoms with Crippen molar-refractivity contribution in [2.24, 2.45) is 0 Å². The van der Waals surface area contributed by atoms with Gasteiger partial charge in [-0.1, -0.05) is 22.0 Å². The van der Waals surface area contributed by atoms with Crippen LogP contribution in [0.3, 0.4) is 0 Å². The maximum absolute atomic E-state index is 12.9. The number of aryl methyl sites for hydroxylation is 2. The number of carbonyl (C=O) groups excluding carboxylic acids is 4. The molecule has 0 bridgehead atoms. The molecule has 0 amide bonds. The van der Waals surface area contributed by atoms with E-state index in [0.29, 0.717) is 16.7 Å². The highest BCUT2D eigenvalue weighted by Crippen LogP contribution is 2.37. The summed E-state index contributed by atoms with van der Waals surface area (Å²) < 4.78 is 10.7. The minimum Gasteiger partial charge on any atom is -0.422 e. The van der Waals surface area contributed by atoms with Crippen LogP contribution in [0.1, 0.15) is 36.1 Å². The van der Waals surface area contributed by atoms with Crippen LogP contribution in [0.5, 0.6) is 0 Å². The van der Waals surface area contributed by atoms with Gasteiger partial charge in [0, 0.05) is 24.4 Å². The van der Waals surface area contributed by atoms with Crippen molar-refractivity contribution >= 4 is 45.0 Å². The molecule has 0 aromatic heterocycles. The monoisotopic (exact) mass is 420 g/mol. The quantitative estimate of drug-likeness (QED) is 0.550. The SMILES string of the molecule is CC(=O)OC1=CC(=O)C(OC(C)=O)=C(c2c(C)cc(C)c(Br)c2C)C1=O. The van der Waals surface area contributed by atoms with E-state index in [9.17, 15) is 19.2 Å². The fourth-order valence-electron chi connectivity index (χ4n) is 2.85. The maximum atomic E-state index is 12.9. The van der Waals surface area contributed by atoms with Crippen LogP contribution < -0.4 is 0 Å². The lowest BCUT2D eigenvalue weighted by atomic mass is 9.87. The average Bonchev–Trinajstić information content (AvgIpc) is 2.51. The van der Waals surface area contributed by atoms with Gasteiger partial charge in [0.05, 0.1) is 5.57 Å². The summed E-state index contributed by atoms with van der Waals surface area (Å²) in [5.41, 5.74) is 2.72. The number of carbonyl (C=O) groups is 4. The van der Waals surface area contributed by atoms with Crippen molar-refractivity contribution in [3.05, 3.63) is 50.4 Å². The van der Waals surface area contributed by atoms with Gasteiger partial charge in [0.1, 0.15) is 0 Å². The summed E-state index contributed by atoms with van der Waals surface area (Å²) in [4.78, 5) is 48.1. The lowest BCUT2D eigenvalue weighted by Gasteiger charge is -2.21. The number of benzene rings is 1. The van der Waals surface area contributed by atoms with Crippen molar-refractivity contribution in [1.29, 1.82) is 0 Å². The second-order valence-electron chi connectivity index (χ2n) is 5.92. The summed E-state index contributed by atoms with van der Waals surface area (Å²) in [6.07, 6.45) is 0.861. The molecule has 1 aliphatic carbocycles. The Kier molecular flexibility index (Phi) is 5.61. The highest BCUT2D eigenvalue weighted by molar-refractivity contribution is 9.10. The first-order chi connectivity index (χ1) is 12.0. The molecule has 0 saturated carbocycles. The van der Waals surface area contributed by atoms with Gasteiger partial charge in [-0.2, -0.15) is 0 Å². The lowest BCUT2D eigenvalue weighted by Crippen LogP contribution is -2.24. The molecule has 0 radical (unpaired) electrons. The smallest absolute Gasteiger partial charge is 0.308 e. The Labute approximate surface area is 159 Å². The fourth-order valence-corrected chi connectivity index (χ4v) is 3.16. The van der Waals surface area contributed by atoms with E-state index in [1.165, 1.54) is 0 Å². The van der Waals surface area contributed by atoms with E-state index in [1.807, 2.05) is 13.0 Å². The number of ketones is 2. The van der Waals surface area contributed by atoms with Gasteiger partial charge < -0.3 is 9.47 Å². The molecule has 0 fully saturated rings. The molecule has 0 atom stereocenters. The molecule has 0 aliphatic heterocycles. The lowest BCUT2D eigenvalue weighted by molar-refractivity contribution is -0.141. The van der Waals surface area contributed by atoms with Crippen molar-refractivity contribution in [2.75, 3.05) is 0 Å². The number of rotatable bonds is 3. The standard InChI is InChI=1S/C19H17BrO6/c1-8-6-9(2)17(20)10(3)15(8)16-18(24)14(25-11(4)21)7-13(23)19(16)26-12(5)22/h6-7H,1-5H3. The van der Waals surface area contributed by atoms with Gasteiger partial charge in [-0.05, 0) is 43.0 Å². The molecule has 0 spiro atoms. The first-order valence-electron chi connectivity index (χ1n) is 7.73. The molecular formula is C19H17BrO6. The molecule has 0 saturated heterocycles. The number of halogens is 1. The number of Topliss-reactive ketones (excluding diaryl/α,β-unsaturated/α-hetero) is 1. The summed E-state index contributed by atoms with van der Waals surface area (Å²) in [5, 5.41) is 0. The van der Waals surface area contributed by atoms with E-state index in [-0.39, 0.29) is 11.3 Å². The second-order valence-corrected chi connectivity index (χ2v) is 6.71. The number of esters is 2. The van der Waals surface area contributed by atoms with Crippen LogP contribution in [0, 0.1) is 20.8 Å². The number of ether oxygens (including phenoxy) is 2. The Balaban J connectivity index is 2.80. The third-order valence-corrected chi connectivity index (χ3v) is 5.01. The zero-order valence-corrected chi connectivity index (χ0v) is 16.6. The Hall–Kier alpha value is -2.54. The van der Waals surface area contributed by atoms with E-state index >= 15 is 0 Å². The molecular weight excluding hydrogens is 404 g/mol. The molecule has 1 aromatic carbocycles. The first kappa shape index (κ1) is 19.8. The average molecular weight is 421 g/mol. The summed E-state index contributed by atoms with van der Waals surface area (Å²) in [7, 11) is 0. The van der Waals surface area contributed by atoms with E-state index in [1.54, 1.807) is 13.8 Å². The van der Waals surface area contributed by atoms with Crippen LogP contribution in [0.4, 0.5) is 0 Å². The van der Waals surface area contributed by atoms with Crippen molar-refractivity contribution in [3.8, 4) is 0 Å². The normalized spacial score (nSPS) is 14.3. The van der Waals surface area contributed by atoms with Gasteiger partial charge in [0.25, 0.3) is 0 Å². The van der Waals surface area contributed by atoms with Crippen molar-refractivity contribution in [2.45, 2.75) is 34.6 Å². The van der Waals surface area contributed by atoms with Crippen LogP contribution in [0.15, 0.2) is 28.1 Å². The molecule has 1 aromatic rings. The van der Waals surface area contributed by atoms with Crippen LogP contribution >= 0.6 is 15.9 Å². The summed E-state index contributed by atoms with van der Waals surface area (Å²) in [5.74, 6) is -3.65. The molecule has 26 heavy (non-hydrogen) atoms. The highest BCUT2D eigenvalue weighted by atomic mass is 79.9. The van der Waals surface area contributed by atoms with E-state index < -0.39 is 29.3 Å². The van der Waals surface area contributed by atoms with E-state index in [2.05, 4.69) is 15.9 Å². The molecule has 1 aliphatic rings. The van der Waals surface area contributed by atoms with Crippen molar-refractivity contribution in [3.63, 3.8) is 0 Å². The summed E-state index contributed by atoms with van der Waals surface area (Å²) >= 11 is 3.47. The van der Waals surface area contributed by atoms with Crippen LogP contribution in [0.2, 0.25) is 0 Å². The first-order valence-corrected chi connectivity index (χ1v) is 8.52. The zero-order chi connectivity index (χ0) is 19.8. The van der Waals surface area contributed by atoms with Crippen molar-refractivity contribution < 1.29 is 28.7 Å². The van der Waals surface area contributed by atoms with Gasteiger partial charge in [0.15, 0.2) is 11.5 Å². The van der Waals surface area contributed by atoms with Gasteiger partial charge >= 0.3 is 11.9 Å². The Morgan fingerprint density at radius 1 is 0.962 bits per heavy atom. The maximum Gasteiger partial charge on any atom is 0.308 e. The Morgan fingerprint density at radius 3 is 2.08 bits per heavy atom. The Bertz CT molecular complexity index is 920. The fraction of sp³-hybridized carbons (Fsp3) is 0.263. The highest BCUT2D eigenvalue weighted by Gasteiger charge is 2.35. The zero-order valence-electron chi connectivity index (χ0n) is 15.0. The second kappa shape index (κ2) is 7.37. The Morgan fingerprint density at radius 2 is 1.54 bits per heavy atom. The van der Waals surface area contributed by atoms with Gasteiger partial charge in [0.2, 0.25) is 11.6 Å². The van der Waals surface area contributed by atoms with Crippen LogP contribution in [-0.2, 0) is 28.7 Å². The third-order valence-electron chi connectivity index (χ3n) is 3.79. The molecule has 136 valence electrons. The molecule has 7 heteroatoms. The molecule has 0 heterocycles. The predicted molar refractivity (Wildman–Crippen MR) is 96.9 cm³/mol. The predicted octanol–water partition coefficient (Wildman–Crippen LogP) is 3.25. The van der Waals surface area contributed by atoms with Gasteiger partial charge in [-0.15, -0.1) is 0 Å². The molecule has 0 N–H and O–H groups in total. The minimum atomic E-state index is -0.732. The summed E-state index contributed by atoms with van der Waals surface area (Å²) in [6, 6.07) is 1.84. The van der Waals surface area contributed by atoms with Crippen LogP contribution in [0.25, 0.3) is 5.57 Å².